The fraction of sp³-hybridized carbons (Fsp3) is 0.161. The third kappa shape index (κ3) is 6.19. The fourth-order valence-corrected chi connectivity index (χ4v) is 4.78. The molecule has 0 unspecified atom stereocenters. The van der Waals surface area contributed by atoms with Crippen molar-refractivity contribution in [1.82, 2.24) is 9.78 Å². The minimum absolute atomic E-state index is 0.124. The van der Waals surface area contributed by atoms with Gasteiger partial charge in [-0.05, 0) is 47.5 Å². The Kier molecular flexibility index (Phi) is 7.77. The molecule has 1 N–H and O–H groups in total. The molecule has 6 nitrogen and oxygen atoms in total. The highest BCUT2D eigenvalue weighted by atomic mass is 35.5. The van der Waals surface area contributed by atoms with Gasteiger partial charge in [0.25, 0.3) is 5.91 Å². The lowest BCUT2D eigenvalue weighted by molar-refractivity contribution is 0.0992. The van der Waals surface area contributed by atoms with Crippen LogP contribution in [0.15, 0.2) is 102 Å². The van der Waals surface area contributed by atoms with E-state index >= 15 is 0 Å². The Labute approximate surface area is 237 Å². The van der Waals surface area contributed by atoms with E-state index in [1.54, 1.807) is 47.3 Å². The molecule has 1 amide bonds. The van der Waals surface area contributed by atoms with Gasteiger partial charge >= 0.3 is 0 Å². The molecule has 39 heavy (non-hydrogen) atoms. The smallest absolute Gasteiger partial charge is 0.292 e. The predicted molar refractivity (Wildman–Crippen MR) is 154 cm³/mol. The molecule has 0 fully saturated rings. The van der Waals surface area contributed by atoms with Gasteiger partial charge in [-0.3, -0.25) is 9.48 Å². The summed E-state index contributed by atoms with van der Waals surface area (Å²) in [5.74, 6) is 1.39. The number of aromatic nitrogens is 2. The molecule has 0 aliphatic carbocycles. The normalized spacial score (nSPS) is 11.4. The summed E-state index contributed by atoms with van der Waals surface area (Å²) < 4.78 is 13.2. The first kappa shape index (κ1) is 26.6. The SMILES string of the molecule is CC(C)(c1ccccc1)c1ccc(OCc2ccc(C(=O)Nc3ccn(Cc4c(Cl)cccc4Cl)n3)o2)cc1. The number of benzene rings is 3. The predicted octanol–water partition coefficient (Wildman–Crippen LogP) is 7.99. The number of hydrogen-bond donors (Lipinski definition) is 1. The second kappa shape index (κ2) is 11.4. The zero-order chi connectivity index (χ0) is 27.4. The van der Waals surface area contributed by atoms with Crippen LogP contribution in [0.3, 0.4) is 0 Å². The van der Waals surface area contributed by atoms with Crippen molar-refractivity contribution in [3.63, 3.8) is 0 Å². The van der Waals surface area contributed by atoms with Crippen LogP contribution < -0.4 is 10.1 Å². The largest absolute Gasteiger partial charge is 0.486 e. The van der Waals surface area contributed by atoms with E-state index in [0.717, 1.165) is 5.56 Å². The zero-order valence-electron chi connectivity index (χ0n) is 21.5. The maximum Gasteiger partial charge on any atom is 0.292 e. The molecule has 2 aromatic heterocycles. The molecule has 0 aliphatic rings. The van der Waals surface area contributed by atoms with E-state index in [0.29, 0.717) is 33.9 Å². The van der Waals surface area contributed by atoms with Crippen molar-refractivity contribution in [2.75, 3.05) is 5.32 Å². The number of halogens is 2. The Bertz CT molecular complexity index is 1550. The quantitative estimate of drug-likeness (QED) is 0.198. The Balaban J connectivity index is 1.16. The van der Waals surface area contributed by atoms with E-state index in [-0.39, 0.29) is 17.8 Å². The van der Waals surface area contributed by atoms with E-state index in [4.69, 9.17) is 32.4 Å². The number of ether oxygens (including phenoxy) is 1. The van der Waals surface area contributed by atoms with Crippen molar-refractivity contribution in [2.45, 2.75) is 32.4 Å². The van der Waals surface area contributed by atoms with Crippen molar-refractivity contribution >= 4 is 34.9 Å². The number of hydrogen-bond acceptors (Lipinski definition) is 4. The molecule has 8 heteroatoms. The first-order valence-corrected chi connectivity index (χ1v) is 13.2. The highest BCUT2D eigenvalue weighted by molar-refractivity contribution is 6.35. The highest BCUT2D eigenvalue weighted by Gasteiger charge is 2.22. The van der Waals surface area contributed by atoms with Crippen molar-refractivity contribution in [3.05, 3.63) is 135 Å². The number of nitrogens with one attached hydrogen (secondary N) is 1. The van der Waals surface area contributed by atoms with Crippen LogP contribution >= 0.6 is 23.2 Å². The molecule has 0 atom stereocenters. The summed E-state index contributed by atoms with van der Waals surface area (Å²) in [6, 6.07) is 28.8. The lowest BCUT2D eigenvalue weighted by Crippen LogP contribution is -2.18. The van der Waals surface area contributed by atoms with Crippen molar-refractivity contribution in [3.8, 4) is 5.75 Å². The van der Waals surface area contributed by atoms with Crippen LogP contribution in [-0.2, 0) is 18.6 Å². The molecule has 0 bridgehead atoms. The number of carbonyl (C=O) groups is 1. The molecule has 0 radical (unpaired) electrons. The van der Waals surface area contributed by atoms with Gasteiger partial charge in [0.05, 0.1) is 6.54 Å². The molecule has 2 heterocycles. The van der Waals surface area contributed by atoms with E-state index in [2.05, 4.69) is 60.7 Å². The third-order valence-electron chi connectivity index (χ3n) is 6.60. The maximum atomic E-state index is 12.7. The Morgan fingerprint density at radius 2 is 1.59 bits per heavy atom. The molecule has 198 valence electrons. The molecular formula is C31H27Cl2N3O3. The summed E-state index contributed by atoms with van der Waals surface area (Å²) in [6.45, 7) is 4.97. The second-order valence-corrected chi connectivity index (χ2v) is 10.4. The number of nitrogens with zero attached hydrogens (tertiary/aromatic N) is 2. The summed E-state index contributed by atoms with van der Waals surface area (Å²) in [4.78, 5) is 12.7. The summed E-state index contributed by atoms with van der Waals surface area (Å²) in [7, 11) is 0. The van der Waals surface area contributed by atoms with Crippen LogP contribution in [0.25, 0.3) is 0 Å². The Morgan fingerprint density at radius 1 is 0.897 bits per heavy atom. The van der Waals surface area contributed by atoms with Crippen molar-refractivity contribution < 1.29 is 13.9 Å². The minimum atomic E-state index is -0.408. The number of amides is 1. The summed E-state index contributed by atoms with van der Waals surface area (Å²) in [6.07, 6.45) is 1.74. The summed E-state index contributed by atoms with van der Waals surface area (Å²) >= 11 is 12.5. The lowest BCUT2D eigenvalue weighted by Gasteiger charge is -2.26. The zero-order valence-corrected chi connectivity index (χ0v) is 23.0. The van der Waals surface area contributed by atoms with E-state index in [9.17, 15) is 4.79 Å². The van der Waals surface area contributed by atoms with Crippen LogP contribution in [0.1, 0.15) is 46.9 Å². The van der Waals surface area contributed by atoms with Crippen LogP contribution in [-0.4, -0.2) is 15.7 Å². The van der Waals surface area contributed by atoms with Gasteiger partial charge < -0.3 is 14.5 Å². The molecule has 0 saturated carbocycles. The molecule has 0 saturated heterocycles. The highest BCUT2D eigenvalue weighted by Crippen LogP contribution is 2.32. The van der Waals surface area contributed by atoms with E-state index in [1.165, 1.54) is 11.1 Å². The maximum absolute atomic E-state index is 12.7. The van der Waals surface area contributed by atoms with Gasteiger partial charge in [0.15, 0.2) is 11.6 Å². The average Bonchev–Trinajstić information content (AvgIpc) is 3.60. The van der Waals surface area contributed by atoms with Gasteiger partial charge in [-0.15, -0.1) is 0 Å². The van der Waals surface area contributed by atoms with Crippen LogP contribution in [0, 0.1) is 0 Å². The van der Waals surface area contributed by atoms with Crippen LogP contribution in [0.2, 0.25) is 10.0 Å². The summed E-state index contributed by atoms with van der Waals surface area (Å²) in [5.41, 5.74) is 3.07. The lowest BCUT2D eigenvalue weighted by atomic mass is 9.78. The Hall–Kier alpha value is -4.00. The molecule has 0 spiro atoms. The van der Waals surface area contributed by atoms with Gasteiger partial charge in [0, 0.05) is 33.3 Å². The molecule has 5 rings (SSSR count). The molecular weight excluding hydrogens is 533 g/mol. The number of rotatable bonds is 9. The van der Waals surface area contributed by atoms with Gasteiger partial charge in [-0.1, -0.05) is 85.6 Å². The van der Waals surface area contributed by atoms with Crippen molar-refractivity contribution in [1.29, 1.82) is 0 Å². The Morgan fingerprint density at radius 3 is 2.31 bits per heavy atom. The molecule has 0 aliphatic heterocycles. The molecule has 5 aromatic rings. The van der Waals surface area contributed by atoms with Gasteiger partial charge in [-0.25, -0.2) is 0 Å². The average molecular weight is 560 g/mol. The number of anilines is 1. The van der Waals surface area contributed by atoms with Crippen LogP contribution in [0.4, 0.5) is 5.82 Å². The van der Waals surface area contributed by atoms with Crippen molar-refractivity contribution in [2.24, 2.45) is 0 Å². The fourth-order valence-electron chi connectivity index (χ4n) is 4.26. The minimum Gasteiger partial charge on any atom is -0.486 e. The van der Waals surface area contributed by atoms with Crippen LogP contribution in [0.5, 0.6) is 5.75 Å². The number of furan rings is 1. The van der Waals surface area contributed by atoms with Gasteiger partial charge in [-0.2, -0.15) is 5.10 Å². The monoisotopic (exact) mass is 559 g/mol. The topological polar surface area (TPSA) is 69.3 Å². The molecule has 3 aromatic carbocycles. The van der Waals surface area contributed by atoms with Gasteiger partial charge in [0.1, 0.15) is 18.1 Å². The van der Waals surface area contributed by atoms with Gasteiger partial charge in [0.2, 0.25) is 0 Å². The first-order valence-electron chi connectivity index (χ1n) is 12.4. The second-order valence-electron chi connectivity index (χ2n) is 9.62. The third-order valence-corrected chi connectivity index (χ3v) is 7.31. The summed E-state index contributed by atoms with van der Waals surface area (Å²) in [5, 5.41) is 8.24. The van der Waals surface area contributed by atoms with E-state index in [1.807, 2.05) is 18.2 Å². The first-order chi connectivity index (χ1) is 18.8. The standard InChI is InChI=1S/C31H27Cl2N3O3/c1-31(2,21-7-4-3-5-8-21)22-11-13-23(14-12-22)38-20-24-15-16-28(39-24)30(37)34-29-17-18-36(35-29)19-25-26(32)9-6-10-27(25)33/h3-18H,19-20H2,1-2H3,(H,34,35,37). The number of carbonyl (C=O) groups excluding carboxylic acids is 1. The van der Waals surface area contributed by atoms with E-state index < -0.39 is 5.91 Å².